The lowest BCUT2D eigenvalue weighted by Crippen LogP contribution is -2.71. The zero-order chi connectivity index (χ0) is 38.9. The van der Waals surface area contributed by atoms with Crippen molar-refractivity contribution < 1.29 is 43.4 Å². The van der Waals surface area contributed by atoms with Crippen molar-refractivity contribution in [2.45, 2.75) is 88.7 Å². The van der Waals surface area contributed by atoms with Crippen molar-refractivity contribution in [3.63, 3.8) is 0 Å². The van der Waals surface area contributed by atoms with Crippen molar-refractivity contribution in [2.75, 3.05) is 36.9 Å². The number of nitrogens with two attached hydrogens (primary N) is 1. The fourth-order valence-corrected chi connectivity index (χ4v) is 7.42. The molecule has 1 unspecified atom stereocenters. The molecule has 2 atom stereocenters. The van der Waals surface area contributed by atoms with Gasteiger partial charge in [-0.1, -0.05) is 16.9 Å². The molecule has 290 valence electrons. The van der Waals surface area contributed by atoms with E-state index in [0.717, 1.165) is 16.4 Å². The highest BCUT2D eigenvalue weighted by molar-refractivity contribution is 8.01. The van der Waals surface area contributed by atoms with Gasteiger partial charge in [0.15, 0.2) is 5.13 Å². The van der Waals surface area contributed by atoms with Crippen LogP contribution in [-0.4, -0.2) is 129 Å². The number of ether oxygens (including phenoxy) is 2. The van der Waals surface area contributed by atoms with Crippen LogP contribution in [-0.2, 0) is 35.2 Å². The molecule has 0 bridgehead atoms. The number of nitrogen functional groups attached to an aromatic ring is 1. The second-order valence-electron chi connectivity index (χ2n) is 13.4. The van der Waals surface area contributed by atoms with Crippen molar-refractivity contribution >= 4 is 75.9 Å². The summed E-state index contributed by atoms with van der Waals surface area (Å²) in [6.45, 7) is 11.5. The standard InChI is InChI=1S/C29H42N12O9S3/c1-28(2,3)49-26(46)31-9-7-11-40-25(35-38-39-40)52-14-15-13-51-22-17(21(43)41(22)18(15)23(44)45)33-20(42)16(19-34-24(30)53-37-19)36-48-12-8-10-32-27(47)50-29(4,5)6/h17,22H,7-14H2,1-6H3,(H,31,46)(H,32,47)(H,33,42)(H,44,45)(H2,30,34,37)/b36-16+/t17?,22-/m1/s1. The van der Waals surface area contributed by atoms with E-state index in [1.165, 1.54) is 28.2 Å². The van der Waals surface area contributed by atoms with Gasteiger partial charge in [-0.2, -0.15) is 9.36 Å². The Bertz CT molecular complexity index is 1730. The van der Waals surface area contributed by atoms with Gasteiger partial charge < -0.3 is 41.1 Å². The van der Waals surface area contributed by atoms with Crippen LogP contribution in [0.25, 0.3) is 0 Å². The quantitative estimate of drug-likeness (QED) is 0.0524. The Hall–Kier alpha value is -4.71. The van der Waals surface area contributed by atoms with Crippen LogP contribution in [0.4, 0.5) is 14.7 Å². The number of aliphatic carboxylic acids is 1. The lowest BCUT2D eigenvalue weighted by Gasteiger charge is -2.49. The highest BCUT2D eigenvalue weighted by Crippen LogP contribution is 2.41. The van der Waals surface area contributed by atoms with E-state index in [9.17, 15) is 29.1 Å². The van der Waals surface area contributed by atoms with Crippen LogP contribution in [0.15, 0.2) is 21.6 Å². The number of fused-ring (bicyclic) bond motifs is 1. The summed E-state index contributed by atoms with van der Waals surface area (Å²) in [5.74, 6) is -2.44. The number of hydrogen-bond donors (Lipinski definition) is 5. The molecule has 21 nitrogen and oxygen atoms in total. The van der Waals surface area contributed by atoms with Crippen LogP contribution >= 0.6 is 35.1 Å². The number of carboxylic acids is 1. The number of carbonyl (C=O) groups excluding carboxylic acids is 4. The molecule has 4 amide bonds. The number of amides is 4. The molecule has 0 aliphatic carbocycles. The average molecular weight is 799 g/mol. The minimum atomic E-state index is -1.30. The highest BCUT2D eigenvalue weighted by atomic mass is 32.2. The van der Waals surface area contributed by atoms with Gasteiger partial charge in [0.25, 0.3) is 11.8 Å². The van der Waals surface area contributed by atoms with E-state index in [2.05, 4.69) is 46.0 Å². The van der Waals surface area contributed by atoms with E-state index in [1.807, 2.05) is 0 Å². The van der Waals surface area contributed by atoms with Crippen molar-refractivity contribution in [2.24, 2.45) is 5.16 Å². The molecule has 0 saturated carbocycles. The third-order valence-electron chi connectivity index (χ3n) is 6.73. The maximum absolute atomic E-state index is 13.4. The van der Waals surface area contributed by atoms with E-state index < -0.39 is 52.6 Å². The number of rotatable bonds is 16. The van der Waals surface area contributed by atoms with Crippen LogP contribution in [0.5, 0.6) is 0 Å². The molecule has 4 rings (SSSR count). The molecule has 6 N–H and O–H groups in total. The van der Waals surface area contributed by atoms with Crippen molar-refractivity contribution in [1.82, 2.24) is 50.4 Å². The van der Waals surface area contributed by atoms with E-state index in [4.69, 9.17) is 20.0 Å². The van der Waals surface area contributed by atoms with Crippen LogP contribution < -0.4 is 21.7 Å². The second-order valence-corrected chi connectivity index (χ2v) is 16.2. The molecule has 0 radical (unpaired) electrons. The number of tetrazole rings is 1. The van der Waals surface area contributed by atoms with E-state index in [0.29, 0.717) is 36.7 Å². The molecule has 1 fully saturated rings. The number of nitrogens with zero attached hydrogens (tertiary/aromatic N) is 8. The number of carboxylic acid groups (broad SMARTS) is 1. The van der Waals surface area contributed by atoms with Gasteiger partial charge in [0.1, 0.15) is 34.9 Å². The van der Waals surface area contributed by atoms with E-state index in [-0.39, 0.29) is 47.0 Å². The van der Waals surface area contributed by atoms with Crippen LogP contribution in [0.1, 0.15) is 60.2 Å². The molecule has 0 aromatic carbocycles. The molecule has 2 aromatic rings. The van der Waals surface area contributed by atoms with Gasteiger partial charge in [0, 0.05) is 49.1 Å². The fourth-order valence-electron chi connectivity index (χ4n) is 4.60. The number of aromatic nitrogens is 6. The first-order valence-corrected chi connectivity index (χ1v) is 19.1. The largest absolute Gasteiger partial charge is 0.477 e. The summed E-state index contributed by atoms with van der Waals surface area (Å²) in [4.78, 5) is 73.3. The number of aryl methyl sites for hydroxylation is 1. The number of alkyl carbamates (subject to hydrolysis) is 2. The predicted molar refractivity (Wildman–Crippen MR) is 193 cm³/mol. The van der Waals surface area contributed by atoms with Crippen LogP contribution in [0.2, 0.25) is 0 Å². The Labute approximate surface area is 316 Å². The first kappa shape index (κ1) is 41.1. The van der Waals surface area contributed by atoms with E-state index >= 15 is 0 Å². The van der Waals surface area contributed by atoms with Gasteiger partial charge in [-0.25, -0.2) is 19.1 Å². The maximum atomic E-state index is 13.4. The topological polar surface area (TPSA) is 280 Å². The summed E-state index contributed by atoms with van der Waals surface area (Å²) in [6.07, 6.45) is -0.290. The Kier molecular flexibility index (Phi) is 13.8. The Morgan fingerprint density at radius 1 is 1.06 bits per heavy atom. The number of hydrogen-bond acceptors (Lipinski definition) is 18. The monoisotopic (exact) mass is 798 g/mol. The molecule has 2 aliphatic rings. The third kappa shape index (κ3) is 11.9. The Balaban J connectivity index is 1.33. The fraction of sp³-hybridized carbons (Fsp3) is 0.621. The summed E-state index contributed by atoms with van der Waals surface area (Å²) >= 11 is 3.32. The van der Waals surface area contributed by atoms with Gasteiger partial charge in [-0.3, -0.25) is 14.5 Å². The van der Waals surface area contributed by atoms with Gasteiger partial charge in [0.05, 0.1) is 0 Å². The zero-order valence-electron chi connectivity index (χ0n) is 29.9. The molecule has 0 spiro atoms. The number of β-lactam (4-membered cyclic amide) rings is 1. The van der Waals surface area contributed by atoms with Crippen molar-refractivity contribution in [3.05, 3.63) is 17.1 Å². The summed E-state index contributed by atoms with van der Waals surface area (Å²) in [5.41, 5.74) is 4.41. The Morgan fingerprint density at radius 3 is 2.32 bits per heavy atom. The second kappa shape index (κ2) is 17.9. The third-order valence-corrected chi connectivity index (χ3v) is 9.66. The summed E-state index contributed by atoms with van der Waals surface area (Å²) in [7, 11) is 0. The normalized spacial score (nSPS) is 17.4. The van der Waals surface area contributed by atoms with Gasteiger partial charge in [0.2, 0.25) is 16.7 Å². The number of carbonyl (C=O) groups is 5. The summed E-state index contributed by atoms with van der Waals surface area (Å²) < 4.78 is 16.0. The highest BCUT2D eigenvalue weighted by Gasteiger charge is 2.54. The lowest BCUT2D eigenvalue weighted by atomic mass is 10.0. The van der Waals surface area contributed by atoms with Crippen molar-refractivity contribution in [3.8, 4) is 0 Å². The smallest absolute Gasteiger partial charge is 0.407 e. The molecule has 2 aliphatic heterocycles. The lowest BCUT2D eigenvalue weighted by molar-refractivity contribution is -0.150. The number of thioether (sulfide) groups is 2. The summed E-state index contributed by atoms with van der Waals surface area (Å²) in [5, 5.41) is 33.4. The molecule has 4 heterocycles. The Morgan fingerprint density at radius 2 is 1.72 bits per heavy atom. The molecule has 53 heavy (non-hydrogen) atoms. The minimum Gasteiger partial charge on any atom is -0.477 e. The minimum absolute atomic E-state index is 0.00600. The molecular weight excluding hydrogens is 757 g/mol. The molecular formula is C29H42N12O9S3. The molecule has 2 aromatic heterocycles. The first-order chi connectivity index (χ1) is 24.9. The van der Waals surface area contributed by atoms with Gasteiger partial charge in [-0.05, 0) is 64.0 Å². The number of oxime groups is 1. The molecule has 1 saturated heterocycles. The van der Waals surface area contributed by atoms with Crippen LogP contribution in [0.3, 0.4) is 0 Å². The van der Waals surface area contributed by atoms with Gasteiger partial charge in [-0.15, -0.1) is 16.9 Å². The van der Waals surface area contributed by atoms with Gasteiger partial charge >= 0.3 is 18.2 Å². The summed E-state index contributed by atoms with van der Waals surface area (Å²) in [6, 6.07) is -1.07. The zero-order valence-corrected chi connectivity index (χ0v) is 32.4. The first-order valence-electron chi connectivity index (χ1n) is 16.3. The number of nitrogens with one attached hydrogen (secondary N) is 3. The van der Waals surface area contributed by atoms with E-state index in [1.54, 1.807) is 41.5 Å². The SMILES string of the molecule is CC(C)(C)OC(=O)NCCCO/N=C(/C(=O)NC1C(=O)N2C(C(=O)O)=C(CSc3nnnn3CCCNC(=O)OC(C)(C)C)CS[C@H]12)c1nsc(N)n1. The number of anilines is 1. The predicted octanol–water partition coefficient (Wildman–Crippen LogP) is 1.19. The molecule has 24 heteroatoms. The van der Waals surface area contributed by atoms with Crippen LogP contribution in [0, 0.1) is 0 Å². The maximum Gasteiger partial charge on any atom is 0.407 e. The van der Waals surface area contributed by atoms with Crippen molar-refractivity contribution in [1.29, 1.82) is 0 Å². The average Bonchev–Trinajstić information content (AvgIpc) is 3.70.